The van der Waals surface area contributed by atoms with Gasteiger partial charge in [0.1, 0.15) is 12.1 Å². The van der Waals surface area contributed by atoms with Crippen LogP contribution in [0.1, 0.15) is 25.8 Å². The van der Waals surface area contributed by atoms with Crippen LogP contribution in [0, 0.1) is 5.92 Å². The summed E-state index contributed by atoms with van der Waals surface area (Å²) in [5, 5.41) is 16.8. The first-order valence-electron chi connectivity index (χ1n) is 6.74. The topological polar surface area (TPSA) is 127 Å². The van der Waals surface area contributed by atoms with E-state index in [0.29, 0.717) is 18.8 Å². The maximum Gasteiger partial charge on any atom is 0.320 e. The Morgan fingerprint density at radius 1 is 1.00 bits per heavy atom. The van der Waals surface area contributed by atoms with Gasteiger partial charge in [0.2, 0.25) is 0 Å². The predicted octanol–water partition coefficient (Wildman–Crippen LogP) is 1.09. The maximum atomic E-state index is 10.4. The van der Waals surface area contributed by atoms with Crippen LogP contribution in [-0.2, 0) is 16.0 Å². The second-order valence-electron chi connectivity index (χ2n) is 5.21. The summed E-state index contributed by atoms with van der Waals surface area (Å²) in [6, 6.07) is 7.85. The van der Waals surface area contributed by atoms with E-state index < -0.39 is 24.0 Å². The normalized spacial score (nSPS) is 13.0. The Morgan fingerprint density at radius 3 is 1.81 bits per heavy atom. The molecule has 1 aromatic rings. The maximum absolute atomic E-state index is 10.4. The van der Waals surface area contributed by atoms with Gasteiger partial charge in [-0.25, -0.2) is 0 Å². The molecule has 0 radical (unpaired) electrons. The monoisotopic (exact) mass is 296 g/mol. The molecule has 118 valence electrons. The molecule has 0 spiro atoms. The third-order valence-electron chi connectivity index (χ3n) is 2.66. The zero-order valence-electron chi connectivity index (χ0n) is 12.4. The van der Waals surface area contributed by atoms with Gasteiger partial charge in [-0.2, -0.15) is 0 Å². The molecule has 2 atom stereocenters. The molecule has 21 heavy (non-hydrogen) atoms. The van der Waals surface area contributed by atoms with Crippen LogP contribution in [0.2, 0.25) is 0 Å². The number of carboxylic acids is 2. The second-order valence-corrected chi connectivity index (χ2v) is 5.21. The van der Waals surface area contributed by atoms with Crippen molar-refractivity contribution in [2.24, 2.45) is 17.4 Å². The summed E-state index contributed by atoms with van der Waals surface area (Å²) in [6.07, 6.45) is 0.936. The second kappa shape index (κ2) is 9.90. The van der Waals surface area contributed by atoms with Crippen molar-refractivity contribution in [3.05, 3.63) is 35.9 Å². The fourth-order valence-electron chi connectivity index (χ4n) is 1.56. The first-order chi connectivity index (χ1) is 9.73. The van der Waals surface area contributed by atoms with E-state index in [0.717, 1.165) is 5.56 Å². The van der Waals surface area contributed by atoms with Crippen LogP contribution >= 0.6 is 0 Å². The fraction of sp³-hybridized carbons (Fsp3) is 0.467. The third-order valence-corrected chi connectivity index (χ3v) is 2.66. The molecule has 0 aliphatic heterocycles. The number of rotatable bonds is 6. The highest BCUT2D eigenvalue weighted by Gasteiger charge is 2.12. The Bertz CT molecular complexity index is 435. The van der Waals surface area contributed by atoms with E-state index in [1.165, 1.54) is 0 Å². The molecule has 0 saturated carbocycles. The summed E-state index contributed by atoms with van der Waals surface area (Å²) in [7, 11) is 0. The zero-order valence-corrected chi connectivity index (χ0v) is 12.4. The summed E-state index contributed by atoms with van der Waals surface area (Å²) in [5.74, 6) is -1.52. The minimum Gasteiger partial charge on any atom is -0.480 e. The SMILES string of the molecule is CC(C)CC(N)C(=O)O.N[C@@H](Cc1ccccc1)C(=O)O. The van der Waals surface area contributed by atoms with E-state index in [9.17, 15) is 9.59 Å². The van der Waals surface area contributed by atoms with Gasteiger partial charge in [0.05, 0.1) is 0 Å². The van der Waals surface area contributed by atoms with Crippen LogP contribution in [0.3, 0.4) is 0 Å². The molecule has 0 fully saturated rings. The quantitative estimate of drug-likeness (QED) is 0.622. The number of hydrogen-bond acceptors (Lipinski definition) is 4. The standard InChI is InChI=1S/C9H11NO2.C6H13NO2/c10-8(9(11)12)6-7-4-2-1-3-5-7;1-4(2)3-5(7)6(8)9/h1-5,8H,6,10H2,(H,11,12);4-5H,3,7H2,1-2H3,(H,8,9)/t8-;/m0./s1. The van der Waals surface area contributed by atoms with E-state index in [1.807, 2.05) is 44.2 Å². The lowest BCUT2D eigenvalue weighted by Gasteiger charge is -2.07. The highest BCUT2D eigenvalue weighted by atomic mass is 16.4. The number of carbonyl (C=O) groups is 2. The van der Waals surface area contributed by atoms with E-state index in [1.54, 1.807) is 0 Å². The van der Waals surface area contributed by atoms with Crippen molar-refractivity contribution in [1.29, 1.82) is 0 Å². The van der Waals surface area contributed by atoms with Crippen molar-refractivity contribution in [2.45, 2.75) is 38.8 Å². The Morgan fingerprint density at radius 2 is 1.48 bits per heavy atom. The smallest absolute Gasteiger partial charge is 0.320 e. The van der Waals surface area contributed by atoms with Crippen molar-refractivity contribution >= 4 is 11.9 Å². The molecule has 0 saturated heterocycles. The summed E-state index contributed by atoms with van der Waals surface area (Å²) in [4.78, 5) is 20.5. The Kier molecular flexibility index (Phi) is 9.00. The molecule has 1 unspecified atom stereocenters. The molecule has 6 N–H and O–H groups in total. The van der Waals surface area contributed by atoms with Crippen LogP contribution in [0.4, 0.5) is 0 Å². The first-order valence-corrected chi connectivity index (χ1v) is 6.74. The first kappa shape index (κ1) is 19.1. The van der Waals surface area contributed by atoms with E-state index in [4.69, 9.17) is 21.7 Å². The minimum absolute atomic E-state index is 0.357. The summed E-state index contributed by atoms with van der Waals surface area (Å²) in [5.41, 5.74) is 11.5. The van der Waals surface area contributed by atoms with Gasteiger partial charge in [-0.3, -0.25) is 9.59 Å². The van der Waals surface area contributed by atoms with Gasteiger partial charge < -0.3 is 21.7 Å². The van der Waals surface area contributed by atoms with Crippen LogP contribution < -0.4 is 11.5 Å². The number of benzene rings is 1. The molecule has 0 aliphatic carbocycles. The summed E-state index contributed by atoms with van der Waals surface area (Å²) < 4.78 is 0. The van der Waals surface area contributed by atoms with Gasteiger partial charge >= 0.3 is 11.9 Å². The molecule has 1 aromatic carbocycles. The van der Waals surface area contributed by atoms with Gasteiger partial charge in [-0.1, -0.05) is 44.2 Å². The molecular weight excluding hydrogens is 272 g/mol. The summed E-state index contributed by atoms with van der Waals surface area (Å²) in [6.45, 7) is 3.89. The Labute approximate surface area is 124 Å². The van der Waals surface area contributed by atoms with Gasteiger partial charge in [0, 0.05) is 0 Å². The number of carboxylic acid groups (broad SMARTS) is 2. The molecule has 0 bridgehead atoms. The molecule has 6 nitrogen and oxygen atoms in total. The molecule has 0 heterocycles. The lowest BCUT2D eigenvalue weighted by molar-refractivity contribution is -0.139. The average Bonchev–Trinajstić information content (AvgIpc) is 2.39. The minimum atomic E-state index is -0.959. The molecule has 0 aromatic heterocycles. The Hall–Kier alpha value is -1.92. The van der Waals surface area contributed by atoms with Gasteiger partial charge in [0.25, 0.3) is 0 Å². The lowest BCUT2D eigenvalue weighted by Crippen LogP contribution is -2.32. The van der Waals surface area contributed by atoms with Crippen molar-refractivity contribution in [3.63, 3.8) is 0 Å². The van der Waals surface area contributed by atoms with Crippen LogP contribution in [0.25, 0.3) is 0 Å². The third kappa shape index (κ3) is 9.59. The highest BCUT2D eigenvalue weighted by Crippen LogP contribution is 2.02. The average molecular weight is 296 g/mol. The number of aliphatic carboxylic acids is 2. The van der Waals surface area contributed by atoms with Gasteiger partial charge in [0.15, 0.2) is 0 Å². The lowest BCUT2D eigenvalue weighted by atomic mass is 10.1. The van der Waals surface area contributed by atoms with Crippen molar-refractivity contribution in [3.8, 4) is 0 Å². The van der Waals surface area contributed by atoms with E-state index in [-0.39, 0.29) is 0 Å². The zero-order chi connectivity index (χ0) is 16.4. The van der Waals surface area contributed by atoms with Crippen LogP contribution in [-0.4, -0.2) is 34.2 Å². The van der Waals surface area contributed by atoms with Crippen molar-refractivity contribution in [1.82, 2.24) is 0 Å². The van der Waals surface area contributed by atoms with E-state index >= 15 is 0 Å². The highest BCUT2D eigenvalue weighted by molar-refractivity contribution is 5.73. The molecular formula is C15H24N2O4. The number of hydrogen-bond donors (Lipinski definition) is 4. The fourth-order valence-corrected chi connectivity index (χ4v) is 1.56. The number of nitrogens with two attached hydrogens (primary N) is 2. The van der Waals surface area contributed by atoms with Crippen molar-refractivity contribution in [2.75, 3.05) is 0 Å². The van der Waals surface area contributed by atoms with Crippen LogP contribution in [0.15, 0.2) is 30.3 Å². The summed E-state index contributed by atoms with van der Waals surface area (Å²) >= 11 is 0. The van der Waals surface area contributed by atoms with E-state index in [2.05, 4.69) is 0 Å². The molecule has 0 aliphatic rings. The van der Waals surface area contributed by atoms with Crippen molar-refractivity contribution < 1.29 is 19.8 Å². The largest absolute Gasteiger partial charge is 0.480 e. The molecule has 0 amide bonds. The van der Waals surface area contributed by atoms with Gasteiger partial charge in [-0.15, -0.1) is 0 Å². The van der Waals surface area contributed by atoms with Gasteiger partial charge in [-0.05, 0) is 24.3 Å². The molecule has 1 rings (SSSR count). The predicted molar refractivity (Wildman–Crippen MR) is 80.8 cm³/mol. The Balaban J connectivity index is 0.000000400. The molecule has 6 heteroatoms. The van der Waals surface area contributed by atoms with Crippen LogP contribution in [0.5, 0.6) is 0 Å².